The molecule has 166 valence electrons. The molecule has 1 aliphatic heterocycles. The van der Waals surface area contributed by atoms with Crippen molar-refractivity contribution in [2.24, 2.45) is 0 Å². The molecule has 0 aromatic rings. The first-order valence-corrected chi connectivity index (χ1v) is 13.3. The Bertz CT molecular complexity index is 483. The number of unbranched alkanes of at least 4 members (excludes halogenated alkanes) is 13. The van der Waals surface area contributed by atoms with Crippen molar-refractivity contribution in [1.82, 2.24) is 10.4 Å². The zero-order valence-electron chi connectivity index (χ0n) is 17.9. The van der Waals surface area contributed by atoms with E-state index in [-0.39, 0.29) is 24.6 Å². The topological polar surface area (TPSA) is 75.7 Å². The standard InChI is InChI=1S/C21H42N2O4S/c1-2-3-4-5-6-7-8-9-10-11-12-13-14-15-16-22-21(24)27-23-17-19-28(25,26)20-18-23/h2-20H2,1H3,(H,22,24). The molecular formula is C21H42N2O4S. The van der Waals surface area contributed by atoms with Gasteiger partial charge in [-0.05, 0) is 6.42 Å². The molecule has 0 aromatic heterocycles. The van der Waals surface area contributed by atoms with Gasteiger partial charge in [0.05, 0.1) is 11.5 Å². The van der Waals surface area contributed by atoms with Crippen LogP contribution in [0.15, 0.2) is 0 Å². The Morgan fingerprint density at radius 1 is 0.786 bits per heavy atom. The summed E-state index contributed by atoms with van der Waals surface area (Å²) in [5.74, 6) is 0.110. The van der Waals surface area contributed by atoms with E-state index in [4.69, 9.17) is 4.84 Å². The summed E-state index contributed by atoms with van der Waals surface area (Å²) in [5.41, 5.74) is 0. The number of rotatable bonds is 16. The second kappa shape index (κ2) is 16.0. The molecule has 1 rings (SSSR count). The molecule has 0 spiro atoms. The number of hydrogen-bond donors (Lipinski definition) is 1. The van der Waals surface area contributed by atoms with Gasteiger partial charge in [-0.25, -0.2) is 13.2 Å². The number of amides is 1. The van der Waals surface area contributed by atoms with E-state index in [2.05, 4.69) is 12.2 Å². The molecule has 28 heavy (non-hydrogen) atoms. The number of sulfone groups is 1. The van der Waals surface area contributed by atoms with Crippen LogP contribution in [0.25, 0.3) is 0 Å². The average Bonchev–Trinajstić information content (AvgIpc) is 2.66. The SMILES string of the molecule is CCCCCCCCCCCCCCCCNC(=O)ON1CCS(=O)(=O)CC1. The summed E-state index contributed by atoms with van der Waals surface area (Å²) in [6, 6.07) is 0. The fourth-order valence-corrected chi connectivity index (χ4v) is 4.61. The molecule has 0 aromatic carbocycles. The molecule has 0 radical (unpaired) electrons. The summed E-state index contributed by atoms with van der Waals surface area (Å²) in [4.78, 5) is 16.8. The number of hydroxylamine groups is 2. The van der Waals surface area contributed by atoms with Crippen molar-refractivity contribution in [3.05, 3.63) is 0 Å². The highest BCUT2D eigenvalue weighted by Crippen LogP contribution is 2.12. The normalized spacial score (nSPS) is 16.8. The van der Waals surface area contributed by atoms with Crippen LogP contribution in [0, 0.1) is 0 Å². The van der Waals surface area contributed by atoms with Crippen LogP contribution in [-0.4, -0.2) is 50.7 Å². The van der Waals surface area contributed by atoms with E-state index in [1.807, 2.05) is 0 Å². The zero-order chi connectivity index (χ0) is 20.5. The highest BCUT2D eigenvalue weighted by atomic mass is 32.2. The monoisotopic (exact) mass is 418 g/mol. The van der Waals surface area contributed by atoms with Gasteiger partial charge in [-0.2, -0.15) is 0 Å². The second-order valence-corrected chi connectivity index (χ2v) is 10.3. The second-order valence-electron chi connectivity index (χ2n) is 7.98. The molecule has 0 unspecified atom stereocenters. The lowest BCUT2D eigenvalue weighted by molar-refractivity contribution is -0.0929. The Hall–Kier alpha value is -0.820. The van der Waals surface area contributed by atoms with E-state index in [1.165, 1.54) is 82.1 Å². The van der Waals surface area contributed by atoms with Gasteiger partial charge in [0.25, 0.3) is 0 Å². The maximum atomic E-state index is 11.7. The van der Waals surface area contributed by atoms with Gasteiger partial charge >= 0.3 is 6.09 Å². The average molecular weight is 419 g/mol. The molecular weight excluding hydrogens is 376 g/mol. The zero-order valence-corrected chi connectivity index (χ0v) is 18.7. The van der Waals surface area contributed by atoms with Crippen LogP contribution in [0.1, 0.15) is 96.8 Å². The molecule has 1 amide bonds. The molecule has 0 aliphatic carbocycles. The third kappa shape index (κ3) is 14.2. The van der Waals surface area contributed by atoms with Gasteiger partial charge in [0.1, 0.15) is 0 Å². The van der Waals surface area contributed by atoms with Crippen molar-refractivity contribution in [1.29, 1.82) is 0 Å². The summed E-state index contributed by atoms with van der Waals surface area (Å²) in [6.45, 7) is 3.39. The van der Waals surface area contributed by atoms with Crippen LogP contribution in [0.3, 0.4) is 0 Å². The first kappa shape index (κ1) is 25.2. The highest BCUT2D eigenvalue weighted by Gasteiger charge is 2.24. The van der Waals surface area contributed by atoms with Gasteiger partial charge < -0.3 is 10.2 Å². The van der Waals surface area contributed by atoms with Crippen LogP contribution in [0.2, 0.25) is 0 Å². The van der Waals surface area contributed by atoms with Gasteiger partial charge in [-0.15, -0.1) is 5.06 Å². The molecule has 1 aliphatic rings. The lowest BCUT2D eigenvalue weighted by Gasteiger charge is -2.24. The van der Waals surface area contributed by atoms with Gasteiger partial charge in [0.2, 0.25) is 0 Å². The molecule has 7 heteroatoms. The van der Waals surface area contributed by atoms with Crippen LogP contribution < -0.4 is 5.32 Å². The highest BCUT2D eigenvalue weighted by molar-refractivity contribution is 7.91. The number of nitrogens with zero attached hydrogens (tertiary/aromatic N) is 1. The van der Waals surface area contributed by atoms with E-state index in [9.17, 15) is 13.2 Å². The van der Waals surface area contributed by atoms with Crippen molar-refractivity contribution in [2.45, 2.75) is 96.8 Å². The smallest absolute Gasteiger partial charge is 0.351 e. The summed E-state index contributed by atoms with van der Waals surface area (Å²) in [7, 11) is -2.95. The third-order valence-corrected chi connectivity index (χ3v) is 6.92. The molecule has 0 saturated carbocycles. The van der Waals surface area contributed by atoms with Crippen molar-refractivity contribution < 1.29 is 18.0 Å². The minimum absolute atomic E-state index is 0.0548. The van der Waals surface area contributed by atoms with Gasteiger partial charge in [0, 0.05) is 19.6 Å². The fraction of sp³-hybridized carbons (Fsp3) is 0.952. The van der Waals surface area contributed by atoms with Crippen molar-refractivity contribution >= 4 is 15.9 Å². The lowest BCUT2D eigenvalue weighted by atomic mass is 10.0. The van der Waals surface area contributed by atoms with Crippen molar-refractivity contribution in [3.63, 3.8) is 0 Å². The van der Waals surface area contributed by atoms with E-state index >= 15 is 0 Å². The van der Waals surface area contributed by atoms with E-state index in [0.29, 0.717) is 6.54 Å². The van der Waals surface area contributed by atoms with Crippen LogP contribution in [-0.2, 0) is 14.7 Å². The third-order valence-electron chi connectivity index (χ3n) is 5.32. The van der Waals surface area contributed by atoms with Gasteiger partial charge in [0.15, 0.2) is 9.84 Å². The Balaban J connectivity index is 1.80. The summed E-state index contributed by atoms with van der Waals surface area (Å²) < 4.78 is 22.7. The molecule has 0 atom stereocenters. The van der Waals surface area contributed by atoms with Crippen LogP contribution in [0.5, 0.6) is 0 Å². The Labute approximate surface area is 172 Å². The number of carbonyl (C=O) groups excluding carboxylic acids is 1. The molecule has 0 bridgehead atoms. The Morgan fingerprint density at radius 2 is 1.21 bits per heavy atom. The minimum Gasteiger partial charge on any atom is -0.351 e. The first-order valence-electron chi connectivity index (χ1n) is 11.4. The van der Waals surface area contributed by atoms with E-state index in [0.717, 1.165) is 12.8 Å². The Morgan fingerprint density at radius 3 is 1.68 bits per heavy atom. The van der Waals surface area contributed by atoms with E-state index < -0.39 is 15.9 Å². The fourth-order valence-electron chi connectivity index (χ4n) is 3.45. The number of hydrogen-bond acceptors (Lipinski definition) is 5. The van der Waals surface area contributed by atoms with E-state index in [1.54, 1.807) is 0 Å². The lowest BCUT2D eigenvalue weighted by Crippen LogP contribution is -2.43. The predicted molar refractivity (Wildman–Crippen MR) is 115 cm³/mol. The maximum absolute atomic E-state index is 11.7. The molecule has 6 nitrogen and oxygen atoms in total. The largest absolute Gasteiger partial charge is 0.426 e. The summed E-state index contributed by atoms with van der Waals surface area (Å²) in [6.07, 6.45) is 17.9. The van der Waals surface area contributed by atoms with Gasteiger partial charge in [-0.1, -0.05) is 90.4 Å². The van der Waals surface area contributed by atoms with Gasteiger partial charge in [-0.3, -0.25) is 0 Å². The number of carbonyl (C=O) groups is 1. The van der Waals surface area contributed by atoms with Crippen LogP contribution in [0.4, 0.5) is 4.79 Å². The molecule has 1 heterocycles. The quantitative estimate of drug-likeness (QED) is 0.363. The Kier molecular flexibility index (Phi) is 14.4. The minimum atomic E-state index is -2.95. The number of nitrogens with one attached hydrogen (secondary N) is 1. The predicted octanol–water partition coefficient (Wildman–Crippen LogP) is 4.84. The summed E-state index contributed by atoms with van der Waals surface area (Å²) in [5, 5.41) is 4.17. The van der Waals surface area contributed by atoms with Crippen molar-refractivity contribution in [3.8, 4) is 0 Å². The molecule has 1 saturated heterocycles. The molecule has 1 N–H and O–H groups in total. The molecule has 1 fully saturated rings. The summed E-state index contributed by atoms with van der Waals surface area (Å²) >= 11 is 0. The first-order chi connectivity index (χ1) is 13.5. The van der Waals surface area contributed by atoms with Crippen molar-refractivity contribution in [2.75, 3.05) is 31.1 Å². The maximum Gasteiger partial charge on any atom is 0.426 e. The van der Waals surface area contributed by atoms with Crippen LogP contribution >= 0.6 is 0 Å².